The van der Waals surface area contributed by atoms with E-state index in [9.17, 15) is 4.79 Å². The number of hydrogen-bond acceptors (Lipinski definition) is 2. The average Bonchev–Trinajstić information content (AvgIpc) is 2.67. The van der Waals surface area contributed by atoms with Crippen molar-refractivity contribution in [2.75, 3.05) is 0 Å². The fraction of sp³-hybridized carbons (Fsp3) is 0.409. The molecule has 3 nitrogen and oxygen atoms in total. The molecule has 0 spiro atoms. The fourth-order valence-corrected chi connectivity index (χ4v) is 4.17. The topological polar surface area (TPSA) is 38.3 Å². The van der Waals surface area contributed by atoms with Gasteiger partial charge in [0.1, 0.15) is 11.4 Å². The third-order valence-electron chi connectivity index (χ3n) is 5.46. The molecule has 0 fully saturated rings. The Morgan fingerprint density at radius 1 is 1.19 bits per heavy atom. The van der Waals surface area contributed by atoms with Crippen LogP contribution >= 0.6 is 23.2 Å². The third kappa shape index (κ3) is 4.59. The van der Waals surface area contributed by atoms with Gasteiger partial charge in [0, 0.05) is 28.5 Å². The number of ether oxygens (including phenoxy) is 1. The van der Waals surface area contributed by atoms with Gasteiger partial charge < -0.3 is 10.1 Å². The highest BCUT2D eigenvalue weighted by atomic mass is 35.5. The highest BCUT2D eigenvalue weighted by molar-refractivity contribution is 6.35. The van der Waals surface area contributed by atoms with E-state index in [0.717, 1.165) is 36.1 Å². The van der Waals surface area contributed by atoms with Crippen molar-refractivity contribution in [2.45, 2.75) is 57.6 Å². The first-order chi connectivity index (χ1) is 13.0. The number of benzene rings is 2. The van der Waals surface area contributed by atoms with Crippen molar-refractivity contribution in [2.24, 2.45) is 0 Å². The van der Waals surface area contributed by atoms with Crippen LogP contribution in [0.15, 0.2) is 42.5 Å². The summed E-state index contributed by atoms with van der Waals surface area (Å²) in [7, 11) is 0. The molecule has 0 aromatic heterocycles. The van der Waals surface area contributed by atoms with E-state index in [-0.39, 0.29) is 17.6 Å². The number of nitrogens with one attached hydrogen (secondary N) is 1. The maximum Gasteiger partial charge on any atom is 0.220 e. The molecule has 0 saturated carbocycles. The lowest BCUT2D eigenvalue weighted by atomic mass is 9.83. The molecule has 2 aromatic rings. The zero-order valence-electron chi connectivity index (χ0n) is 15.7. The SMILES string of the molecule is CCC1(CC)CC(NC(=O)CCc2ccc(Cl)cc2Cl)c2ccccc2O1. The molecule has 1 heterocycles. The summed E-state index contributed by atoms with van der Waals surface area (Å²) in [5.74, 6) is 0.891. The molecular weight excluding hydrogens is 381 g/mol. The van der Waals surface area contributed by atoms with Gasteiger partial charge in [-0.25, -0.2) is 0 Å². The number of rotatable bonds is 6. The Morgan fingerprint density at radius 3 is 2.63 bits per heavy atom. The largest absolute Gasteiger partial charge is 0.487 e. The number of para-hydroxylation sites is 1. The number of fused-ring (bicyclic) bond motifs is 1. The van der Waals surface area contributed by atoms with Crippen LogP contribution in [0.1, 0.15) is 56.7 Å². The van der Waals surface area contributed by atoms with Gasteiger partial charge in [0.15, 0.2) is 0 Å². The van der Waals surface area contributed by atoms with Crippen LogP contribution in [-0.4, -0.2) is 11.5 Å². The molecule has 27 heavy (non-hydrogen) atoms. The number of halogens is 2. The van der Waals surface area contributed by atoms with Gasteiger partial charge in [-0.1, -0.05) is 61.3 Å². The zero-order chi connectivity index (χ0) is 19.4. The molecule has 1 amide bonds. The van der Waals surface area contributed by atoms with Gasteiger partial charge in [-0.05, 0) is 43.0 Å². The average molecular weight is 406 g/mol. The van der Waals surface area contributed by atoms with E-state index in [1.165, 1.54) is 0 Å². The number of amides is 1. The van der Waals surface area contributed by atoms with Crippen LogP contribution in [0, 0.1) is 0 Å². The van der Waals surface area contributed by atoms with Gasteiger partial charge in [0.2, 0.25) is 5.91 Å². The summed E-state index contributed by atoms with van der Waals surface area (Å²) in [4.78, 5) is 12.6. The van der Waals surface area contributed by atoms with Crippen molar-refractivity contribution in [3.05, 3.63) is 63.6 Å². The Kier molecular flexibility index (Phi) is 6.33. The molecule has 5 heteroatoms. The van der Waals surface area contributed by atoms with E-state index in [1.807, 2.05) is 30.3 Å². The van der Waals surface area contributed by atoms with Crippen molar-refractivity contribution in [3.63, 3.8) is 0 Å². The molecule has 2 aromatic carbocycles. The standard InChI is InChI=1S/C22H25Cl2NO2/c1-3-22(4-2)14-19(17-7-5-6-8-20(17)27-22)25-21(26)12-10-15-9-11-16(23)13-18(15)24/h5-9,11,13,19H,3-4,10,12,14H2,1-2H3,(H,25,26). The normalized spacial score (nSPS) is 17.7. The zero-order valence-corrected chi connectivity index (χ0v) is 17.2. The lowest BCUT2D eigenvalue weighted by molar-refractivity contribution is -0.122. The predicted octanol–water partition coefficient (Wildman–Crippen LogP) is 6.12. The molecule has 1 aliphatic rings. The van der Waals surface area contributed by atoms with Gasteiger partial charge in [-0.15, -0.1) is 0 Å². The number of carbonyl (C=O) groups excluding carboxylic acids is 1. The van der Waals surface area contributed by atoms with Crippen molar-refractivity contribution >= 4 is 29.1 Å². The molecule has 0 bridgehead atoms. The van der Waals surface area contributed by atoms with Gasteiger partial charge in [0.25, 0.3) is 0 Å². The number of aryl methyl sites for hydroxylation is 1. The molecule has 0 radical (unpaired) electrons. The van der Waals surface area contributed by atoms with Crippen molar-refractivity contribution in [1.29, 1.82) is 0 Å². The molecular formula is C22H25Cl2NO2. The molecule has 144 valence electrons. The Bertz CT molecular complexity index is 818. The van der Waals surface area contributed by atoms with Crippen LogP contribution in [0.3, 0.4) is 0 Å². The lowest BCUT2D eigenvalue weighted by Crippen LogP contribution is -2.44. The minimum atomic E-state index is -0.230. The van der Waals surface area contributed by atoms with Gasteiger partial charge in [-0.3, -0.25) is 4.79 Å². The minimum absolute atomic E-state index is 0.0174. The summed E-state index contributed by atoms with van der Waals surface area (Å²) < 4.78 is 6.30. The van der Waals surface area contributed by atoms with E-state index in [0.29, 0.717) is 22.9 Å². The second-order valence-electron chi connectivity index (χ2n) is 7.09. The Morgan fingerprint density at radius 2 is 1.93 bits per heavy atom. The third-order valence-corrected chi connectivity index (χ3v) is 6.04. The summed E-state index contributed by atoms with van der Waals surface area (Å²) in [5, 5.41) is 4.41. The van der Waals surface area contributed by atoms with E-state index in [2.05, 4.69) is 19.2 Å². The van der Waals surface area contributed by atoms with Crippen LogP contribution in [0.2, 0.25) is 10.0 Å². The second kappa shape index (κ2) is 8.53. The second-order valence-corrected chi connectivity index (χ2v) is 7.93. The van der Waals surface area contributed by atoms with Crippen LogP contribution in [0.25, 0.3) is 0 Å². The molecule has 1 aliphatic heterocycles. The smallest absolute Gasteiger partial charge is 0.220 e. The fourth-order valence-electron chi connectivity index (χ4n) is 3.67. The highest BCUT2D eigenvalue weighted by Crippen LogP contribution is 2.42. The summed E-state index contributed by atoms with van der Waals surface area (Å²) in [6.45, 7) is 4.28. The van der Waals surface area contributed by atoms with Crippen LogP contribution in [0.4, 0.5) is 0 Å². The van der Waals surface area contributed by atoms with Crippen molar-refractivity contribution in [1.82, 2.24) is 5.32 Å². The van der Waals surface area contributed by atoms with Crippen molar-refractivity contribution in [3.8, 4) is 5.75 Å². The maximum atomic E-state index is 12.6. The predicted molar refractivity (Wildman–Crippen MR) is 111 cm³/mol. The molecule has 1 N–H and O–H groups in total. The molecule has 1 unspecified atom stereocenters. The number of hydrogen-bond donors (Lipinski definition) is 1. The van der Waals surface area contributed by atoms with E-state index in [1.54, 1.807) is 12.1 Å². The van der Waals surface area contributed by atoms with Crippen LogP contribution in [0.5, 0.6) is 5.75 Å². The first kappa shape index (κ1) is 20.0. The van der Waals surface area contributed by atoms with E-state index < -0.39 is 0 Å². The molecule has 0 aliphatic carbocycles. The van der Waals surface area contributed by atoms with Gasteiger partial charge in [0.05, 0.1) is 6.04 Å². The summed E-state index contributed by atoms with van der Waals surface area (Å²) in [6, 6.07) is 13.3. The number of carbonyl (C=O) groups is 1. The Hall–Kier alpha value is -1.71. The molecule has 3 rings (SSSR count). The lowest BCUT2D eigenvalue weighted by Gasteiger charge is -2.41. The maximum absolute atomic E-state index is 12.6. The summed E-state index contributed by atoms with van der Waals surface area (Å²) in [6.07, 6.45) is 3.56. The summed E-state index contributed by atoms with van der Waals surface area (Å²) in [5.41, 5.74) is 1.75. The van der Waals surface area contributed by atoms with E-state index >= 15 is 0 Å². The Balaban J connectivity index is 1.70. The molecule has 0 saturated heterocycles. The van der Waals surface area contributed by atoms with Crippen molar-refractivity contribution < 1.29 is 9.53 Å². The van der Waals surface area contributed by atoms with Gasteiger partial charge >= 0.3 is 0 Å². The van der Waals surface area contributed by atoms with Crippen LogP contribution < -0.4 is 10.1 Å². The first-order valence-electron chi connectivity index (χ1n) is 9.47. The summed E-state index contributed by atoms with van der Waals surface area (Å²) >= 11 is 12.1. The quantitative estimate of drug-likeness (QED) is 0.627. The van der Waals surface area contributed by atoms with Crippen LogP contribution in [-0.2, 0) is 11.2 Å². The van der Waals surface area contributed by atoms with E-state index in [4.69, 9.17) is 27.9 Å². The first-order valence-corrected chi connectivity index (χ1v) is 10.2. The minimum Gasteiger partial charge on any atom is -0.487 e. The Labute approximate surface area is 171 Å². The monoisotopic (exact) mass is 405 g/mol. The van der Waals surface area contributed by atoms with Gasteiger partial charge in [-0.2, -0.15) is 0 Å². The highest BCUT2D eigenvalue weighted by Gasteiger charge is 2.38. The molecule has 1 atom stereocenters.